The molecule has 0 bridgehead atoms. The normalized spacial score (nSPS) is 16.2. The molecule has 168 valence electrons. The maximum absolute atomic E-state index is 13.0. The lowest BCUT2D eigenvalue weighted by atomic mass is 10.1. The molecule has 0 radical (unpaired) electrons. The number of carbonyl (C=O) groups is 1. The molecule has 32 heavy (non-hydrogen) atoms. The van der Waals surface area contributed by atoms with Crippen LogP contribution in [0.2, 0.25) is 0 Å². The zero-order valence-electron chi connectivity index (χ0n) is 18.2. The molecule has 1 N–H and O–H groups in total. The quantitative estimate of drug-likeness (QED) is 0.634. The lowest BCUT2D eigenvalue weighted by molar-refractivity contribution is 0.0292. The van der Waals surface area contributed by atoms with E-state index in [1.54, 1.807) is 29.4 Å². The van der Waals surface area contributed by atoms with E-state index in [4.69, 9.17) is 9.15 Å². The summed E-state index contributed by atoms with van der Waals surface area (Å²) in [7, 11) is 0. The number of likely N-dealkylation sites (tertiary alicyclic amines) is 1. The number of amides is 1. The third-order valence-corrected chi connectivity index (χ3v) is 4.90. The van der Waals surface area contributed by atoms with Crippen molar-refractivity contribution >= 4 is 11.8 Å². The lowest BCUT2D eigenvalue weighted by Gasteiger charge is -2.24. The molecule has 0 saturated carbocycles. The third-order valence-electron chi connectivity index (χ3n) is 4.90. The van der Waals surface area contributed by atoms with Crippen LogP contribution in [-0.4, -0.2) is 49.8 Å². The minimum absolute atomic E-state index is 0.0993. The van der Waals surface area contributed by atoms with Gasteiger partial charge in [0.25, 0.3) is 5.89 Å². The Morgan fingerprint density at radius 3 is 2.69 bits per heavy atom. The molecule has 1 saturated heterocycles. The Morgan fingerprint density at radius 2 is 2.00 bits per heavy atom. The Kier molecular flexibility index (Phi) is 6.02. The van der Waals surface area contributed by atoms with E-state index in [9.17, 15) is 9.18 Å². The summed E-state index contributed by atoms with van der Waals surface area (Å²) >= 11 is 0. The van der Waals surface area contributed by atoms with Gasteiger partial charge in [-0.3, -0.25) is 4.98 Å². The van der Waals surface area contributed by atoms with Gasteiger partial charge in [0.05, 0.1) is 18.4 Å². The van der Waals surface area contributed by atoms with E-state index in [0.717, 1.165) is 17.8 Å². The molecule has 1 unspecified atom stereocenters. The number of carbonyl (C=O) groups excluding carboxylic acids is 1. The highest BCUT2D eigenvalue weighted by Gasteiger charge is 2.31. The largest absolute Gasteiger partial charge is 0.444 e. The summed E-state index contributed by atoms with van der Waals surface area (Å²) in [5.74, 6) is 0.441. The van der Waals surface area contributed by atoms with Crippen molar-refractivity contribution in [3.63, 3.8) is 0 Å². The average molecular weight is 440 g/mol. The Hall–Kier alpha value is -3.56. The molecule has 4 rings (SSSR count). The molecule has 1 aliphatic rings. The fraction of sp³-hybridized carbons (Fsp3) is 0.409. The fourth-order valence-corrected chi connectivity index (χ4v) is 3.33. The van der Waals surface area contributed by atoms with Crippen LogP contribution < -0.4 is 5.32 Å². The van der Waals surface area contributed by atoms with E-state index in [1.165, 1.54) is 12.1 Å². The number of aromatic nitrogens is 4. The van der Waals surface area contributed by atoms with Crippen LogP contribution in [0.4, 0.5) is 14.9 Å². The van der Waals surface area contributed by atoms with Gasteiger partial charge in [0.2, 0.25) is 5.89 Å². The van der Waals surface area contributed by atoms with Crippen LogP contribution in [0.1, 0.15) is 44.7 Å². The molecule has 1 aliphatic heterocycles. The van der Waals surface area contributed by atoms with Crippen LogP contribution in [0.25, 0.3) is 11.6 Å². The Bertz CT molecular complexity index is 1060. The van der Waals surface area contributed by atoms with Crippen molar-refractivity contribution in [1.29, 1.82) is 0 Å². The van der Waals surface area contributed by atoms with Gasteiger partial charge < -0.3 is 19.4 Å². The van der Waals surface area contributed by atoms with Gasteiger partial charge in [-0.2, -0.15) is 0 Å². The highest BCUT2D eigenvalue weighted by Crippen LogP contribution is 2.27. The maximum atomic E-state index is 13.0. The average Bonchev–Trinajstić information content (AvgIpc) is 3.42. The van der Waals surface area contributed by atoms with Crippen molar-refractivity contribution in [3.8, 4) is 11.6 Å². The zero-order valence-corrected chi connectivity index (χ0v) is 18.2. The minimum Gasteiger partial charge on any atom is -0.444 e. The molecule has 9 nitrogen and oxygen atoms in total. The number of nitrogens with one attached hydrogen (secondary N) is 1. The first-order chi connectivity index (χ1) is 15.3. The molecule has 1 atom stereocenters. The Labute approximate surface area is 185 Å². The van der Waals surface area contributed by atoms with Crippen molar-refractivity contribution in [2.45, 2.75) is 45.3 Å². The minimum atomic E-state index is -0.520. The van der Waals surface area contributed by atoms with Crippen LogP contribution in [-0.2, 0) is 11.3 Å². The van der Waals surface area contributed by atoms with Crippen LogP contribution in [0, 0.1) is 5.82 Å². The third kappa shape index (κ3) is 5.37. The van der Waals surface area contributed by atoms with Gasteiger partial charge in [-0.05, 0) is 51.5 Å². The molecular formula is C22H25FN6O3. The SMILES string of the molecule is CC(C)(C)OC(=O)N1CCC(c2cnc(-c3nnc(CNc4ccc(F)cc4)o3)cn2)C1. The standard InChI is InChI=1S/C22H25FN6O3/c1-22(2,3)32-21(30)29-9-8-14(13-29)17-10-26-18(11-25-17)20-28-27-19(31-20)12-24-16-6-4-15(23)5-7-16/h4-7,10-11,14,24H,8-9,12-13H2,1-3H3. The Morgan fingerprint density at radius 1 is 1.22 bits per heavy atom. The molecule has 1 amide bonds. The second kappa shape index (κ2) is 8.89. The van der Waals surface area contributed by atoms with E-state index in [2.05, 4.69) is 25.5 Å². The van der Waals surface area contributed by atoms with E-state index in [-0.39, 0.29) is 23.7 Å². The molecule has 0 spiro atoms. The predicted octanol–water partition coefficient (Wildman–Crippen LogP) is 4.00. The molecule has 1 aromatic carbocycles. The summed E-state index contributed by atoms with van der Waals surface area (Å²) in [6.45, 7) is 7.02. The number of halogens is 1. The Balaban J connectivity index is 1.34. The number of rotatable bonds is 5. The number of hydrogen-bond acceptors (Lipinski definition) is 8. The van der Waals surface area contributed by atoms with Gasteiger partial charge in [-0.25, -0.2) is 14.2 Å². The van der Waals surface area contributed by atoms with Gasteiger partial charge in [0.15, 0.2) is 0 Å². The summed E-state index contributed by atoms with van der Waals surface area (Å²) in [6.07, 6.45) is 3.76. The molecule has 1 fully saturated rings. The number of anilines is 1. The summed E-state index contributed by atoms with van der Waals surface area (Å²) in [5.41, 5.74) is 1.50. The van der Waals surface area contributed by atoms with Crippen LogP contribution in [0.5, 0.6) is 0 Å². The van der Waals surface area contributed by atoms with Gasteiger partial charge in [-0.1, -0.05) is 0 Å². The molecule has 10 heteroatoms. The fourth-order valence-electron chi connectivity index (χ4n) is 3.33. The van der Waals surface area contributed by atoms with Gasteiger partial charge in [0, 0.05) is 30.9 Å². The van der Waals surface area contributed by atoms with Gasteiger partial charge in [-0.15, -0.1) is 10.2 Å². The lowest BCUT2D eigenvalue weighted by Crippen LogP contribution is -2.35. The highest BCUT2D eigenvalue weighted by molar-refractivity contribution is 5.68. The number of benzene rings is 1. The number of hydrogen-bond donors (Lipinski definition) is 1. The van der Waals surface area contributed by atoms with Crippen LogP contribution >= 0.6 is 0 Å². The topological polar surface area (TPSA) is 106 Å². The molecular weight excluding hydrogens is 415 g/mol. The molecule has 2 aromatic heterocycles. The van der Waals surface area contributed by atoms with E-state index >= 15 is 0 Å². The van der Waals surface area contributed by atoms with Crippen molar-refractivity contribution in [3.05, 3.63) is 54.1 Å². The second-order valence-corrected chi connectivity index (χ2v) is 8.60. The molecule has 3 heterocycles. The predicted molar refractivity (Wildman–Crippen MR) is 114 cm³/mol. The van der Waals surface area contributed by atoms with E-state index in [1.807, 2.05) is 20.8 Å². The second-order valence-electron chi connectivity index (χ2n) is 8.60. The monoisotopic (exact) mass is 440 g/mol. The van der Waals surface area contributed by atoms with Crippen LogP contribution in [0.15, 0.2) is 41.1 Å². The summed E-state index contributed by atoms with van der Waals surface area (Å²) in [5, 5.41) is 11.1. The first-order valence-electron chi connectivity index (χ1n) is 10.4. The van der Waals surface area contributed by atoms with Crippen LogP contribution in [0.3, 0.4) is 0 Å². The van der Waals surface area contributed by atoms with Gasteiger partial charge in [0.1, 0.15) is 17.1 Å². The first kappa shape index (κ1) is 21.7. The van der Waals surface area contributed by atoms with Crippen molar-refractivity contribution in [2.75, 3.05) is 18.4 Å². The molecule has 3 aromatic rings. The van der Waals surface area contributed by atoms with Gasteiger partial charge >= 0.3 is 6.09 Å². The number of ether oxygens (including phenoxy) is 1. The van der Waals surface area contributed by atoms with Crippen molar-refractivity contribution < 1.29 is 18.3 Å². The molecule has 0 aliphatic carbocycles. The van der Waals surface area contributed by atoms with E-state index < -0.39 is 5.60 Å². The summed E-state index contributed by atoms with van der Waals surface area (Å²) in [4.78, 5) is 22.9. The first-order valence-corrected chi connectivity index (χ1v) is 10.4. The van der Waals surface area contributed by atoms with Crippen molar-refractivity contribution in [1.82, 2.24) is 25.1 Å². The highest BCUT2D eigenvalue weighted by atomic mass is 19.1. The summed E-state index contributed by atoms with van der Waals surface area (Å²) < 4.78 is 24.1. The van der Waals surface area contributed by atoms with Crippen molar-refractivity contribution in [2.24, 2.45) is 0 Å². The zero-order chi connectivity index (χ0) is 22.7. The van der Waals surface area contributed by atoms with E-state index in [0.29, 0.717) is 31.2 Å². The smallest absolute Gasteiger partial charge is 0.410 e. The number of nitrogens with zero attached hydrogens (tertiary/aromatic N) is 5. The maximum Gasteiger partial charge on any atom is 0.410 e. The summed E-state index contributed by atoms with van der Waals surface area (Å²) in [6, 6.07) is 6.00.